The van der Waals surface area contributed by atoms with Gasteiger partial charge in [-0.25, -0.2) is 13.2 Å². The lowest BCUT2D eigenvalue weighted by Gasteiger charge is -2.10. The van der Waals surface area contributed by atoms with Gasteiger partial charge in [-0.3, -0.25) is 0 Å². The lowest BCUT2D eigenvalue weighted by molar-refractivity contribution is 0.461. The first-order valence-corrected chi connectivity index (χ1v) is 5.44. The summed E-state index contributed by atoms with van der Waals surface area (Å²) in [5.41, 5.74) is 0.501. The lowest BCUT2D eigenvalue weighted by Crippen LogP contribution is -2.12. The highest BCUT2D eigenvalue weighted by molar-refractivity contribution is 5.26. The van der Waals surface area contributed by atoms with Gasteiger partial charge >= 0.3 is 0 Å². The second-order valence-electron chi connectivity index (χ2n) is 4.25. The van der Waals surface area contributed by atoms with Crippen LogP contribution >= 0.6 is 0 Å². The standard InChI is InChI=1S/C12H14F3N/c13-6-9-4-10(12(15)11(14)5-9)3-8-1-2-16-7-8/h4-5,8,16H,1-3,6-7H2. The predicted octanol–water partition coefficient (Wildman–Crippen LogP) is 2.59. The molecule has 1 fully saturated rings. The van der Waals surface area contributed by atoms with Crippen LogP contribution in [0.5, 0.6) is 0 Å². The molecule has 1 atom stereocenters. The van der Waals surface area contributed by atoms with Crippen molar-refractivity contribution in [3.63, 3.8) is 0 Å². The fourth-order valence-corrected chi connectivity index (χ4v) is 2.13. The van der Waals surface area contributed by atoms with Gasteiger partial charge in [0.2, 0.25) is 0 Å². The van der Waals surface area contributed by atoms with Crippen LogP contribution in [0.15, 0.2) is 12.1 Å². The Labute approximate surface area is 92.7 Å². The monoisotopic (exact) mass is 229 g/mol. The van der Waals surface area contributed by atoms with Crippen LogP contribution in [0.25, 0.3) is 0 Å². The summed E-state index contributed by atoms with van der Waals surface area (Å²) in [4.78, 5) is 0. The van der Waals surface area contributed by atoms with Crippen molar-refractivity contribution in [2.75, 3.05) is 13.1 Å². The van der Waals surface area contributed by atoms with Gasteiger partial charge in [-0.05, 0) is 49.0 Å². The normalized spacial score (nSPS) is 20.3. The highest BCUT2D eigenvalue weighted by atomic mass is 19.2. The molecule has 16 heavy (non-hydrogen) atoms. The summed E-state index contributed by atoms with van der Waals surface area (Å²) in [5, 5.41) is 3.16. The van der Waals surface area contributed by atoms with E-state index in [0.717, 1.165) is 25.6 Å². The maximum atomic E-state index is 13.5. The Balaban J connectivity index is 2.20. The van der Waals surface area contributed by atoms with E-state index >= 15 is 0 Å². The van der Waals surface area contributed by atoms with Crippen molar-refractivity contribution in [2.45, 2.75) is 19.5 Å². The third kappa shape index (κ3) is 2.38. The first kappa shape index (κ1) is 11.5. The van der Waals surface area contributed by atoms with Crippen molar-refractivity contribution in [1.29, 1.82) is 0 Å². The van der Waals surface area contributed by atoms with Crippen LogP contribution in [0.4, 0.5) is 13.2 Å². The van der Waals surface area contributed by atoms with E-state index in [1.54, 1.807) is 0 Å². The van der Waals surface area contributed by atoms with Crippen molar-refractivity contribution in [2.24, 2.45) is 5.92 Å². The van der Waals surface area contributed by atoms with Crippen LogP contribution < -0.4 is 5.32 Å². The van der Waals surface area contributed by atoms with Crippen molar-refractivity contribution in [1.82, 2.24) is 5.32 Å². The molecule has 4 heteroatoms. The number of hydrogen-bond donors (Lipinski definition) is 1. The largest absolute Gasteiger partial charge is 0.316 e. The SMILES string of the molecule is FCc1cc(F)c(F)c(CC2CCNC2)c1. The predicted molar refractivity (Wildman–Crippen MR) is 55.9 cm³/mol. The summed E-state index contributed by atoms with van der Waals surface area (Å²) in [6.07, 6.45) is 1.44. The Morgan fingerprint density at radius 3 is 2.75 bits per heavy atom. The number of rotatable bonds is 3. The summed E-state index contributed by atoms with van der Waals surface area (Å²) in [6, 6.07) is 2.35. The molecule has 1 nitrogen and oxygen atoms in total. The van der Waals surface area contributed by atoms with Gasteiger partial charge in [-0.15, -0.1) is 0 Å². The maximum absolute atomic E-state index is 13.5. The Bertz CT molecular complexity index is 373. The fraction of sp³-hybridized carbons (Fsp3) is 0.500. The molecule has 1 saturated heterocycles. The first-order chi connectivity index (χ1) is 7.70. The smallest absolute Gasteiger partial charge is 0.162 e. The average molecular weight is 229 g/mol. The van der Waals surface area contributed by atoms with E-state index in [1.165, 1.54) is 6.07 Å². The van der Waals surface area contributed by atoms with E-state index in [0.29, 0.717) is 17.9 Å². The van der Waals surface area contributed by atoms with Crippen LogP contribution in [0.1, 0.15) is 17.5 Å². The van der Waals surface area contributed by atoms with Crippen LogP contribution in [0, 0.1) is 17.6 Å². The van der Waals surface area contributed by atoms with Gasteiger partial charge in [-0.1, -0.05) is 6.07 Å². The number of halogens is 3. The molecule has 0 amide bonds. The molecule has 0 bridgehead atoms. The average Bonchev–Trinajstić information content (AvgIpc) is 2.77. The molecule has 2 rings (SSSR count). The molecule has 0 radical (unpaired) electrons. The van der Waals surface area contributed by atoms with Gasteiger partial charge in [0.25, 0.3) is 0 Å². The zero-order valence-corrected chi connectivity index (χ0v) is 8.90. The van der Waals surface area contributed by atoms with E-state index < -0.39 is 18.3 Å². The fourth-order valence-electron chi connectivity index (χ4n) is 2.13. The van der Waals surface area contributed by atoms with E-state index in [-0.39, 0.29) is 5.56 Å². The van der Waals surface area contributed by atoms with Gasteiger partial charge in [0, 0.05) is 0 Å². The second kappa shape index (κ2) is 4.87. The Hall–Kier alpha value is -1.03. The Morgan fingerprint density at radius 1 is 1.31 bits per heavy atom. The molecule has 88 valence electrons. The molecule has 0 aromatic heterocycles. The van der Waals surface area contributed by atoms with Crippen molar-refractivity contribution in [3.8, 4) is 0 Å². The molecule has 1 aromatic rings. The number of hydrogen-bond acceptors (Lipinski definition) is 1. The van der Waals surface area contributed by atoms with Crippen molar-refractivity contribution >= 4 is 0 Å². The minimum Gasteiger partial charge on any atom is -0.316 e. The molecule has 0 saturated carbocycles. The molecular formula is C12H14F3N. The zero-order chi connectivity index (χ0) is 11.5. The van der Waals surface area contributed by atoms with Crippen LogP contribution in [-0.2, 0) is 13.1 Å². The van der Waals surface area contributed by atoms with Gasteiger partial charge in [-0.2, -0.15) is 0 Å². The highest BCUT2D eigenvalue weighted by Gasteiger charge is 2.19. The van der Waals surface area contributed by atoms with Gasteiger partial charge in [0.1, 0.15) is 6.67 Å². The minimum absolute atomic E-state index is 0.208. The summed E-state index contributed by atoms with van der Waals surface area (Å²) in [5.74, 6) is -1.45. The molecule has 1 unspecified atom stereocenters. The summed E-state index contributed by atoms with van der Waals surface area (Å²) in [7, 11) is 0. The molecule has 1 N–H and O–H groups in total. The van der Waals surface area contributed by atoms with Gasteiger partial charge < -0.3 is 5.32 Å². The molecule has 0 aliphatic carbocycles. The third-order valence-corrected chi connectivity index (χ3v) is 2.99. The molecule has 1 aliphatic rings. The quantitative estimate of drug-likeness (QED) is 0.840. The summed E-state index contributed by atoms with van der Waals surface area (Å²) in [6.45, 7) is 0.978. The van der Waals surface area contributed by atoms with Crippen LogP contribution in [0.3, 0.4) is 0 Å². The van der Waals surface area contributed by atoms with Crippen LogP contribution in [-0.4, -0.2) is 13.1 Å². The summed E-state index contributed by atoms with van der Waals surface area (Å²) >= 11 is 0. The Morgan fingerprint density at radius 2 is 2.12 bits per heavy atom. The lowest BCUT2D eigenvalue weighted by atomic mass is 9.97. The molecule has 0 spiro atoms. The van der Waals surface area contributed by atoms with Gasteiger partial charge in [0.15, 0.2) is 11.6 Å². The topological polar surface area (TPSA) is 12.0 Å². The van der Waals surface area contributed by atoms with Crippen molar-refractivity contribution < 1.29 is 13.2 Å². The van der Waals surface area contributed by atoms with E-state index in [4.69, 9.17) is 0 Å². The van der Waals surface area contributed by atoms with E-state index in [1.807, 2.05) is 0 Å². The maximum Gasteiger partial charge on any atom is 0.162 e. The summed E-state index contributed by atoms with van der Waals surface area (Å²) < 4.78 is 39.0. The molecular weight excluding hydrogens is 215 g/mol. The molecule has 1 heterocycles. The zero-order valence-electron chi connectivity index (χ0n) is 8.90. The van der Waals surface area contributed by atoms with E-state index in [2.05, 4.69) is 5.32 Å². The number of alkyl halides is 1. The Kier molecular flexibility index (Phi) is 3.49. The molecule has 1 aliphatic heterocycles. The number of nitrogens with one attached hydrogen (secondary N) is 1. The van der Waals surface area contributed by atoms with Gasteiger partial charge in [0.05, 0.1) is 0 Å². The number of benzene rings is 1. The van der Waals surface area contributed by atoms with Crippen LogP contribution in [0.2, 0.25) is 0 Å². The third-order valence-electron chi connectivity index (χ3n) is 2.99. The highest BCUT2D eigenvalue weighted by Crippen LogP contribution is 2.21. The minimum atomic E-state index is -0.948. The second-order valence-corrected chi connectivity index (χ2v) is 4.25. The van der Waals surface area contributed by atoms with E-state index in [9.17, 15) is 13.2 Å². The first-order valence-electron chi connectivity index (χ1n) is 5.44. The molecule has 1 aromatic carbocycles. The van der Waals surface area contributed by atoms with Crippen molar-refractivity contribution in [3.05, 3.63) is 34.9 Å².